The van der Waals surface area contributed by atoms with Crippen molar-refractivity contribution in [3.8, 4) is 0 Å². The summed E-state index contributed by atoms with van der Waals surface area (Å²) in [5, 5.41) is 7.02. The van der Waals surface area contributed by atoms with Crippen LogP contribution in [0.3, 0.4) is 0 Å². The maximum atomic E-state index is 13.2. The van der Waals surface area contributed by atoms with Gasteiger partial charge in [0.1, 0.15) is 5.56 Å². The molecule has 0 bridgehead atoms. The second-order valence-corrected chi connectivity index (χ2v) is 7.17. The van der Waals surface area contributed by atoms with Crippen LogP contribution in [0.4, 0.5) is 0 Å². The minimum Gasteiger partial charge on any atom is -0.381 e. The minimum absolute atomic E-state index is 0.0377. The highest BCUT2D eigenvalue weighted by Gasteiger charge is 2.34. The predicted molar refractivity (Wildman–Crippen MR) is 98.2 cm³/mol. The fourth-order valence-corrected chi connectivity index (χ4v) is 4.14. The Kier molecular flexibility index (Phi) is 5.07. The molecule has 0 aliphatic carbocycles. The Labute approximate surface area is 157 Å². The zero-order valence-electron chi connectivity index (χ0n) is 15.6. The lowest BCUT2D eigenvalue weighted by molar-refractivity contribution is -0.142. The molecule has 2 aliphatic rings. The van der Waals surface area contributed by atoms with Crippen molar-refractivity contribution in [2.75, 3.05) is 26.8 Å². The maximum absolute atomic E-state index is 13.2. The molecule has 2 aromatic rings. The van der Waals surface area contributed by atoms with Crippen molar-refractivity contribution < 1.29 is 14.3 Å². The van der Waals surface area contributed by atoms with Gasteiger partial charge in [0.2, 0.25) is 5.91 Å². The fraction of sp³-hybridized carbons (Fsp3) is 0.579. The number of hydrogen-bond acceptors (Lipinski definition) is 5. The first-order valence-electron chi connectivity index (χ1n) is 9.63. The van der Waals surface area contributed by atoms with Crippen molar-refractivity contribution in [3.05, 3.63) is 29.7 Å². The Morgan fingerprint density at radius 2 is 2.04 bits per heavy atom. The molecule has 27 heavy (non-hydrogen) atoms. The Hall–Kier alpha value is -2.48. The summed E-state index contributed by atoms with van der Waals surface area (Å²) in [5.41, 5.74) is 1.88. The minimum atomic E-state index is -0.214. The SMILES string of the molecule is CNC(=O)c1cnn2c(C3CCCCN3C(=O)C3CCOCC3)ccnc12. The van der Waals surface area contributed by atoms with Crippen LogP contribution in [-0.2, 0) is 9.53 Å². The second-order valence-electron chi connectivity index (χ2n) is 7.17. The normalized spacial score (nSPS) is 21.4. The number of amides is 2. The summed E-state index contributed by atoms with van der Waals surface area (Å²) in [4.78, 5) is 31.6. The van der Waals surface area contributed by atoms with Crippen LogP contribution >= 0.6 is 0 Å². The van der Waals surface area contributed by atoms with Gasteiger partial charge in [0.15, 0.2) is 5.65 Å². The van der Waals surface area contributed by atoms with Gasteiger partial charge in [0.05, 0.1) is 17.9 Å². The molecule has 2 fully saturated rings. The molecule has 0 spiro atoms. The summed E-state index contributed by atoms with van der Waals surface area (Å²) in [5.74, 6) is 0.0378. The van der Waals surface area contributed by atoms with Crippen LogP contribution in [0.5, 0.6) is 0 Å². The van der Waals surface area contributed by atoms with E-state index in [0.29, 0.717) is 24.4 Å². The van der Waals surface area contributed by atoms with Crippen molar-refractivity contribution in [1.82, 2.24) is 24.8 Å². The highest BCUT2D eigenvalue weighted by Crippen LogP contribution is 2.33. The molecule has 1 unspecified atom stereocenters. The number of fused-ring (bicyclic) bond motifs is 1. The van der Waals surface area contributed by atoms with Gasteiger partial charge in [-0.15, -0.1) is 0 Å². The lowest BCUT2D eigenvalue weighted by Crippen LogP contribution is -2.43. The van der Waals surface area contributed by atoms with Crippen LogP contribution in [0.2, 0.25) is 0 Å². The Bertz CT molecular complexity index is 843. The highest BCUT2D eigenvalue weighted by atomic mass is 16.5. The molecule has 0 radical (unpaired) electrons. The van der Waals surface area contributed by atoms with Crippen LogP contribution in [0.1, 0.15) is 54.2 Å². The van der Waals surface area contributed by atoms with E-state index in [4.69, 9.17) is 4.74 Å². The molecule has 2 amide bonds. The van der Waals surface area contributed by atoms with Gasteiger partial charge in [0, 0.05) is 38.9 Å². The average Bonchev–Trinajstić information content (AvgIpc) is 3.17. The largest absolute Gasteiger partial charge is 0.381 e. The van der Waals surface area contributed by atoms with Crippen molar-refractivity contribution in [2.45, 2.75) is 38.1 Å². The number of likely N-dealkylation sites (tertiary alicyclic amines) is 1. The van der Waals surface area contributed by atoms with Gasteiger partial charge < -0.3 is 15.0 Å². The molecule has 2 aromatic heterocycles. The number of piperidine rings is 1. The highest BCUT2D eigenvalue weighted by molar-refractivity contribution is 5.99. The van der Waals surface area contributed by atoms with Crippen molar-refractivity contribution >= 4 is 17.5 Å². The van der Waals surface area contributed by atoms with Crippen molar-refractivity contribution in [1.29, 1.82) is 0 Å². The van der Waals surface area contributed by atoms with Gasteiger partial charge in [0.25, 0.3) is 5.91 Å². The van der Waals surface area contributed by atoms with E-state index in [1.165, 1.54) is 6.20 Å². The smallest absolute Gasteiger partial charge is 0.256 e. The van der Waals surface area contributed by atoms with Crippen LogP contribution in [-0.4, -0.2) is 58.1 Å². The zero-order valence-corrected chi connectivity index (χ0v) is 15.6. The predicted octanol–water partition coefficient (Wildman–Crippen LogP) is 1.57. The first kappa shape index (κ1) is 17.9. The number of ether oxygens (including phenoxy) is 1. The zero-order chi connectivity index (χ0) is 18.8. The molecular weight excluding hydrogens is 346 g/mol. The van der Waals surface area contributed by atoms with Crippen LogP contribution in [0.25, 0.3) is 5.65 Å². The summed E-state index contributed by atoms with van der Waals surface area (Å²) in [6.07, 6.45) is 7.79. The molecule has 2 saturated heterocycles. The molecular formula is C19H25N5O3. The summed E-state index contributed by atoms with van der Waals surface area (Å²) in [6, 6.07) is 1.87. The molecule has 4 rings (SSSR count). The quantitative estimate of drug-likeness (QED) is 0.885. The van der Waals surface area contributed by atoms with E-state index in [1.54, 1.807) is 17.8 Å². The number of nitrogens with zero attached hydrogens (tertiary/aromatic N) is 4. The topological polar surface area (TPSA) is 88.8 Å². The van der Waals surface area contributed by atoms with Crippen LogP contribution in [0, 0.1) is 5.92 Å². The Morgan fingerprint density at radius 3 is 2.81 bits per heavy atom. The van der Waals surface area contributed by atoms with Gasteiger partial charge >= 0.3 is 0 Å². The number of hydrogen-bond donors (Lipinski definition) is 1. The summed E-state index contributed by atoms with van der Waals surface area (Å²) in [6.45, 7) is 2.07. The van der Waals surface area contributed by atoms with Gasteiger partial charge in [-0.3, -0.25) is 9.59 Å². The molecule has 2 aliphatic heterocycles. The fourth-order valence-electron chi connectivity index (χ4n) is 4.14. The van der Waals surface area contributed by atoms with Crippen LogP contribution < -0.4 is 5.32 Å². The first-order chi connectivity index (χ1) is 13.2. The number of carbonyl (C=O) groups excluding carboxylic acids is 2. The average molecular weight is 371 g/mol. The molecule has 8 nitrogen and oxygen atoms in total. The third-order valence-corrected chi connectivity index (χ3v) is 5.60. The van der Waals surface area contributed by atoms with Gasteiger partial charge in [-0.2, -0.15) is 5.10 Å². The molecule has 0 saturated carbocycles. The van der Waals surface area contributed by atoms with E-state index in [9.17, 15) is 9.59 Å². The summed E-state index contributed by atoms with van der Waals surface area (Å²) >= 11 is 0. The Balaban J connectivity index is 1.68. The van der Waals surface area contributed by atoms with Gasteiger partial charge in [-0.25, -0.2) is 9.50 Å². The van der Waals surface area contributed by atoms with E-state index < -0.39 is 0 Å². The molecule has 4 heterocycles. The van der Waals surface area contributed by atoms with E-state index >= 15 is 0 Å². The molecule has 144 valence electrons. The lowest BCUT2D eigenvalue weighted by atomic mass is 9.93. The van der Waals surface area contributed by atoms with E-state index in [1.807, 2.05) is 11.0 Å². The molecule has 0 aromatic carbocycles. The van der Waals surface area contributed by atoms with Crippen LogP contribution in [0.15, 0.2) is 18.5 Å². The standard InChI is InChI=1S/C19H25N5O3/c1-20-18(25)14-12-22-24-16(5-8-21-17(14)24)15-4-2-3-9-23(15)19(26)13-6-10-27-11-7-13/h5,8,12-13,15H,2-4,6-7,9-11H2,1H3,(H,20,25). The number of rotatable bonds is 3. The third-order valence-electron chi connectivity index (χ3n) is 5.60. The first-order valence-corrected chi connectivity index (χ1v) is 9.63. The molecule has 8 heteroatoms. The molecule has 1 N–H and O–H groups in total. The summed E-state index contributed by atoms with van der Waals surface area (Å²) in [7, 11) is 1.59. The third kappa shape index (κ3) is 3.29. The van der Waals surface area contributed by atoms with E-state index in [-0.39, 0.29) is 23.8 Å². The van der Waals surface area contributed by atoms with Crippen molar-refractivity contribution in [3.63, 3.8) is 0 Å². The second kappa shape index (κ2) is 7.64. The maximum Gasteiger partial charge on any atom is 0.256 e. The number of carbonyl (C=O) groups is 2. The lowest BCUT2D eigenvalue weighted by Gasteiger charge is -2.38. The number of nitrogens with one attached hydrogen (secondary N) is 1. The van der Waals surface area contributed by atoms with Gasteiger partial charge in [-0.05, 0) is 38.2 Å². The van der Waals surface area contributed by atoms with Gasteiger partial charge in [-0.1, -0.05) is 0 Å². The van der Waals surface area contributed by atoms with E-state index in [0.717, 1.165) is 44.3 Å². The monoisotopic (exact) mass is 371 g/mol. The van der Waals surface area contributed by atoms with E-state index in [2.05, 4.69) is 15.4 Å². The summed E-state index contributed by atoms with van der Waals surface area (Å²) < 4.78 is 7.12. The molecule has 1 atom stereocenters. The Morgan fingerprint density at radius 1 is 1.22 bits per heavy atom. The number of aromatic nitrogens is 3. The van der Waals surface area contributed by atoms with Crippen molar-refractivity contribution in [2.24, 2.45) is 5.92 Å².